The lowest BCUT2D eigenvalue weighted by molar-refractivity contribution is 0.584. The number of aromatic nitrogens is 4. The molecule has 22 aromatic rings. The molecule has 0 N–H and O–H groups in total. The molecule has 11 nitrogen and oxygen atoms in total. The molecule has 3 aliphatic rings. The highest BCUT2D eigenvalue weighted by Crippen LogP contribution is 2.49. The minimum atomic E-state index is -0.258. The molecule has 0 radical (unpaired) electrons. The van der Waals surface area contributed by atoms with Gasteiger partial charge in [0.1, 0.15) is 28.7 Å². The standard InChI is InChI=1S/C34H22BNS2.C32H18BN3O2S.C30H18BN3O2/c1-3-11-23(12-4-1)24-19-21-25(22-20-24)35-31-27-15-7-9-17-29(27)37-33(31)36(26-13-5-2-6-14-26)34-32(35)28-16-8-10-18-30(28)38-34;1-2-10-19(11-3-1)36-31-26(20-12-4-7-15-23(20)37-31)33(27-21-13-5-8-16-24(21)38-32(27)36)30-29-28(34-18-35-30)22-14-6-9-17-25(22)39-29;1-2-11-20(12-3-1)34-28-26(21-13-5-8-16-24(21)35-28)31(27-22-14-6-9-17-25(22)36-29(27)34)30-32-18-19-10-4-7-15-23(19)33-30/h1-22H;1-18H;1-18H. The van der Waals surface area contributed by atoms with E-state index in [1.54, 1.807) is 17.7 Å². The van der Waals surface area contributed by atoms with Gasteiger partial charge in [0, 0.05) is 85.7 Å². The van der Waals surface area contributed by atoms with Crippen molar-refractivity contribution in [2.45, 2.75) is 0 Å². The van der Waals surface area contributed by atoms with E-state index >= 15 is 0 Å². The molecule has 12 heterocycles. The first-order chi connectivity index (χ1) is 56.1. The third-order valence-corrected chi connectivity index (χ3v) is 25.8. The number of benzene rings is 13. The van der Waals surface area contributed by atoms with Gasteiger partial charge in [-0.1, -0.05) is 260 Å². The van der Waals surface area contributed by atoms with Crippen molar-refractivity contribution in [2.24, 2.45) is 0 Å². The van der Waals surface area contributed by atoms with E-state index in [1.165, 1.54) is 68.1 Å². The number of hydrogen-bond donors (Lipinski definition) is 0. The minimum Gasteiger partial charge on any atom is -0.440 e. The molecule has 0 fully saturated rings. The lowest BCUT2D eigenvalue weighted by Crippen LogP contribution is -2.58. The summed E-state index contributed by atoms with van der Waals surface area (Å²) in [5.74, 6) is 2.98. The number of thiophene rings is 3. The van der Waals surface area contributed by atoms with E-state index in [1.807, 2.05) is 150 Å². The lowest BCUT2D eigenvalue weighted by atomic mass is 9.35. The van der Waals surface area contributed by atoms with Gasteiger partial charge in [-0.2, -0.15) is 0 Å². The number of fused-ring (bicyclic) bond motifs is 22. The molecule has 528 valence electrons. The van der Waals surface area contributed by atoms with Crippen LogP contribution in [0.25, 0.3) is 106 Å². The van der Waals surface area contributed by atoms with E-state index in [0.29, 0.717) is 0 Å². The van der Waals surface area contributed by atoms with Gasteiger partial charge >= 0.3 is 6.71 Å². The highest BCUT2D eigenvalue weighted by atomic mass is 32.1. The fourth-order valence-corrected chi connectivity index (χ4v) is 21.1. The summed E-state index contributed by atoms with van der Waals surface area (Å²) in [5.41, 5.74) is 21.0. The highest BCUT2D eigenvalue weighted by Gasteiger charge is 2.48. The Kier molecular flexibility index (Phi) is 15.2. The van der Waals surface area contributed by atoms with Crippen LogP contribution >= 0.6 is 34.0 Å². The first kappa shape index (κ1) is 65.1. The summed E-state index contributed by atoms with van der Waals surface area (Å²) in [6.45, 7) is -0.301. The predicted molar refractivity (Wildman–Crippen MR) is 474 cm³/mol. The van der Waals surface area contributed by atoms with Gasteiger partial charge in [-0.15, -0.1) is 34.0 Å². The third kappa shape index (κ3) is 10.4. The minimum absolute atomic E-state index is 0.164. The van der Waals surface area contributed by atoms with Crippen LogP contribution in [-0.4, -0.2) is 40.1 Å². The maximum atomic E-state index is 6.66. The molecule has 0 saturated carbocycles. The van der Waals surface area contributed by atoms with E-state index in [2.05, 4.69) is 233 Å². The van der Waals surface area contributed by atoms with Crippen molar-refractivity contribution >= 4 is 250 Å². The second-order valence-corrected chi connectivity index (χ2v) is 31.6. The summed E-state index contributed by atoms with van der Waals surface area (Å²) in [4.78, 5) is 26.4. The predicted octanol–water partition coefficient (Wildman–Crippen LogP) is 20.1. The van der Waals surface area contributed by atoms with Gasteiger partial charge in [-0.05, 0) is 118 Å². The van der Waals surface area contributed by atoms with Crippen LogP contribution in [0.5, 0.6) is 0 Å². The molecule has 0 atom stereocenters. The van der Waals surface area contributed by atoms with Gasteiger partial charge in [-0.3, -0.25) is 19.7 Å². The van der Waals surface area contributed by atoms with E-state index < -0.39 is 0 Å². The Morgan fingerprint density at radius 1 is 0.283 bits per heavy atom. The summed E-state index contributed by atoms with van der Waals surface area (Å²) in [7, 11) is 0. The Balaban J connectivity index is 0.000000101. The molecule has 17 heteroatoms. The normalized spacial score (nSPS) is 12.8. The van der Waals surface area contributed by atoms with E-state index in [-0.39, 0.29) is 20.1 Å². The number of para-hydroxylation sites is 8. The molecular formula is C96H58B3N7O4S3. The molecule has 0 amide bonds. The second-order valence-electron chi connectivity index (χ2n) is 28.5. The summed E-state index contributed by atoms with van der Waals surface area (Å²) in [5, 5.41) is 11.8. The zero-order valence-corrected chi connectivity index (χ0v) is 62.7. The molecule has 25 rings (SSSR count). The number of anilines is 9. The fraction of sp³-hybridized carbons (Fsp3) is 0. The monoisotopic (exact) mass is 1500 g/mol. The smallest absolute Gasteiger partial charge is 0.304 e. The average molecular weight is 1500 g/mol. The maximum absolute atomic E-state index is 6.66. The Morgan fingerprint density at radius 2 is 0.664 bits per heavy atom. The van der Waals surface area contributed by atoms with Crippen molar-refractivity contribution in [3.05, 3.63) is 352 Å². The molecule has 0 bridgehead atoms. The van der Waals surface area contributed by atoms with Crippen LogP contribution in [0.3, 0.4) is 0 Å². The third-order valence-electron chi connectivity index (χ3n) is 22.3. The molecule has 0 spiro atoms. The molecule has 13 aromatic carbocycles. The van der Waals surface area contributed by atoms with Gasteiger partial charge in [0.15, 0.2) is 0 Å². The van der Waals surface area contributed by atoms with Crippen molar-refractivity contribution in [1.29, 1.82) is 0 Å². The van der Waals surface area contributed by atoms with E-state index in [0.717, 1.165) is 138 Å². The molecule has 0 unspecified atom stereocenters. The van der Waals surface area contributed by atoms with E-state index in [4.69, 9.17) is 37.6 Å². The zero-order valence-electron chi connectivity index (χ0n) is 60.2. The van der Waals surface area contributed by atoms with Gasteiger partial charge in [0.05, 0.1) is 42.8 Å². The molecule has 0 saturated heterocycles. The van der Waals surface area contributed by atoms with Crippen LogP contribution < -0.4 is 64.3 Å². The van der Waals surface area contributed by atoms with E-state index in [9.17, 15) is 0 Å². The molecular weight excluding hydrogens is 1440 g/mol. The van der Waals surface area contributed by atoms with Crippen LogP contribution in [0, 0.1) is 0 Å². The van der Waals surface area contributed by atoms with Crippen LogP contribution in [0.4, 0.5) is 50.6 Å². The lowest BCUT2D eigenvalue weighted by Gasteiger charge is -2.32. The van der Waals surface area contributed by atoms with Crippen molar-refractivity contribution in [1.82, 2.24) is 19.9 Å². The second kappa shape index (κ2) is 26.5. The summed E-state index contributed by atoms with van der Waals surface area (Å²) in [6.07, 6.45) is 3.61. The van der Waals surface area contributed by atoms with Crippen molar-refractivity contribution in [3.63, 3.8) is 0 Å². The summed E-state index contributed by atoms with van der Waals surface area (Å²) < 4.78 is 31.4. The first-order valence-electron chi connectivity index (χ1n) is 37.7. The number of furan rings is 4. The largest absolute Gasteiger partial charge is 0.440 e. The van der Waals surface area contributed by atoms with Crippen molar-refractivity contribution in [2.75, 3.05) is 14.7 Å². The first-order valence-corrected chi connectivity index (χ1v) is 40.2. The zero-order chi connectivity index (χ0) is 74.2. The van der Waals surface area contributed by atoms with Crippen molar-refractivity contribution in [3.8, 4) is 11.1 Å². The maximum Gasteiger partial charge on any atom is 0.304 e. The van der Waals surface area contributed by atoms with Gasteiger partial charge < -0.3 is 17.7 Å². The molecule has 113 heavy (non-hydrogen) atoms. The molecule has 0 aliphatic carbocycles. The van der Waals surface area contributed by atoms with Gasteiger partial charge in [0.25, 0.3) is 13.4 Å². The van der Waals surface area contributed by atoms with Gasteiger partial charge in [0.2, 0.25) is 23.5 Å². The summed E-state index contributed by atoms with van der Waals surface area (Å²) in [6, 6.07) is 118. The van der Waals surface area contributed by atoms with Crippen LogP contribution in [0.15, 0.2) is 370 Å². The number of rotatable bonds is 7. The Hall–Kier alpha value is -13.8. The Bertz CT molecular complexity index is 7230. The molecule has 9 aromatic heterocycles. The summed E-state index contributed by atoms with van der Waals surface area (Å²) >= 11 is 5.56. The number of nitrogens with zero attached hydrogens (tertiary/aromatic N) is 7. The topological polar surface area (TPSA) is 114 Å². The molecule has 3 aliphatic heterocycles. The highest BCUT2D eigenvalue weighted by molar-refractivity contribution is 7.31. The number of hydrogen-bond acceptors (Lipinski definition) is 14. The Labute approximate surface area is 660 Å². The van der Waals surface area contributed by atoms with Gasteiger partial charge in [-0.25, -0.2) is 15.0 Å². The average Bonchev–Trinajstić information content (AvgIpc) is 1.56. The van der Waals surface area contributed by atoms with Crippen LogP contribution in [0.2, 0.25) is 0 Å². The van der Waals surface area contributed by atoms with Crippen LogP contribution in [0.1, 0.15) is 0 Å². The quantitative estimate of drug-likeness (QED) is 0.142. The van der Waals surface area contributed by atoms with Crippen molar-refractivity contribution < 1.29 is 17.7 Å². The fourth-order valence-electron chi connectivity index (χ4n) is 17.4. The Morgan fingerprint density at radius 3 is 1.15 bits per heavy atom. The van der Waals surface area contributed by atoms with Crippen LogP contribution in [-0.2, 0) is 0 Å². The SMILES string of the molecule is c1ccc(-c2ccc(B3c4c(sc5ccccc45)N(c4ccccc4)c4sc5ccccc5c43)cc2)cc1.c1ccc(N2c3oc4ccccc4c3B(c3ncc4ccccc4n3)c3c2oc2ccccc32)cc1.c1ccc(N2c3oc4ccccc4c3B(c3ncnc4c3sc3ccccc34)c3c2oc2ccccc32)cc1.